The van der Waals surface area contributed by atoms with Crippen LogP contribution in [0.3, 0.4) is 0 Å². The molecule has 1 aromatic rings. The molecule has 1 aliphatic carbocycles. The molecule has 15 heavy (non-hydrogen) atoms. The van der Waals surface area contributed by atoms with Gasteiger partial charge in [0.15, 0.2) is 5.69 Å². The van der Waals surface area contributed by atoms with Gasteiger partial charge < -0.3 is 0 Å². The van der Waals surface area contributed by atoms with Gasteiger partial charge in [-0.3, -0.25) is 14.7 Å². The van der Waals surface area contributed by atoms with Gasteiger partial charge in [0.25, 0.3) is 5.91 Å². The summed E-state index contributed by atoms with van der Waals surface area (Å²) in [5, 5.41) is 8.45. The average Bonchev–Trinajstić information content (AvgIpc) is 2.94. The van der Waals surface area contributed by atoms with Crippen molar-refractivity contribution in [1.29, 1.82) is 0 Å². The quantitative estimate of drug-likeness (QED) is 0.736. The first-order chi connectivity index (χ1) is 7.36. The van der Waals surface area contributed by atoms with Crippen molar-refractivity contribution in [2.24, 2.45) is 0 Å². The number of hydrogen-bond acceptors (Lipinski definition) is 3. The van der Waals surface area contributed by atoms with E-state index in [-0.39, 0.29) is 5.91 Å². The molecule has 5 nitrogen and oxygen atoms in total. The highest BCUT2D eigenvalue weighted by molar-refractivity contribution is 5.93. The summed E-state index contributed by atoms with van der Waals surface area (Å²) in [7, 11) is 0. The lowest BCUT2D eigenvalue weighted by Crippen LogP contribution is -2.27. The Bertz CT molecular complexity index is 393. The van der Waals surface area contributed by atoms with Gasteiger partial charge >= 0.3 is 0 Å². The van der Waals surface area contributed by atoms with E-state index in [0.29, 0.717) is 18.8 Å². The Morgan fingerprint density at radius 1 is 1.40 bits per heavy atom. The van der Waals surface area contributed by atoms with Gasteiger partial charge in [-0.25, -0.2) is 5.06 Å². The second-order valence-corrected chi connectivity index (χ2v) is 3.98. The van der Waals surface area contributed by atoms with Gasteiger partial charge in [-0.15, -0.1) is 0 Å². The highest BCUT2D eigenvalue weighted by atomic mass is 16.7. The van der Waals surface area contributed by atoms with E-state index in [2.05, 4.69) is 10.2 Å². The summed E-state index contributed by atoms with van der Waals surface area (Å²) >= 11 is 0. The van der Waals surface area contributed by atoms with E-state index in [1.165, 1.54) is 5.06 Å². The van der Waals surface area contributed by atoms with Crippen molar-refractivity contribution in [2.45, 2.75) is 25.7 Å². The van der Waals surface area contributed by atoms with Crippen molar-refractivity contribution >= 4 is 5.91 Å². The number of aromatic amines is 1. The first-order valence-electron chi connectivity index (χ1n) is 5.37. The van der Waals surface area contributed by atoms with Crippen LogP contribution in [0.15, 0.2) is 0 Å². The number of aromatic nitrogens is 2. The smallest absolute Gasteiger partial charge is 0.281 e. The van der Waals surface area contributed by atoms with E-state index >= 15 is 0 Å². The maximum atomic E-state index is 12.0. The Labute approximate surface area is 87.4 Å². The molecular formula is C10H13N3O2. The Kier molecular flexibility index (Phi) is 1.98. The number of carbonyl (C=O) groups is 1. The summed E-state index contributed by atoms with van der Waals surface area (Å²) in [6, 6.07) is 0. The predicted octanol–water partition coefficient (Wildman–Crippen LogP) is 0.676. The number of fused-ring (bicyclic) bond motifs is 1. The lowest BCUT2D eigenvalue weighted by molar-refractivity contribution is -0.0772. The molecular weight excluding hydrogens is 194 g/mol. The highest BCUT2D eigenvalue weighted by Crippen LogP contribution is 2.24. The topological polar surface area (TPSA) is 58.2 Å². The van der Waals surface area contributed by atoms with Gasteiger partial charge in [-0.2, -0.15) is 5.10 Å². The minimum atomic E-state index is -0.0908. The second kappa shape index (κ2) is 3.34. The molecule has 1 fully saturated rings. The van der Waals surface area contributed by atoms with Crippen molar-refractivity contribution in [3.8, 4) is 0 Å². The van der Waals surface area contributed by atoms with Crippen LogP contribution in [-0.4, -0.2) is 34.3 Å². The third-order valence-electron chi connectivity index (χ3n) is 2.99. The fourth-order valence-electron chi connectivity index (χ4n) is 2.22. The number of nitrogens with one attached hydrogen (secondary N) is 1. The largest absolute Gasteiger partial charge is 0.298 e. The third kappa shape index (κ3) is 1.34. The maximum absolute atomic E-state index is 12.0. The van der Waals surface area contributed by atoms with Crippen molar-refractivity contribution in [3.63, 3.8) is 0 Å². The van der Waals surface area contributed by atoms with Crippen LogP contribution in [0.5, 0.6) is 0 Å². The van der Waals surface area contributed by atoms with Gasteiger partial charge in [0.1, 0.15) is 0 Å². The molecule has 0 spiro atoms. The second-order valence-electron chi connectivity index (χ2n) is 3.98. The van der Waals surface area contributed by atoms with Crippen LogP contribution in [0.2, 0.25) is 0 Å². The molecule has 1 amide bonds. The molecule has 0 saturated carbocycles. The van der Waals surface area contributed by atoms with E-state index in [0.717, 1.165) is 36.9 Å². The fraction of sp³-hybridized carbons (Fsp3) is 0.600. The van der Waals surface area contributed by atoms with Crippen LogP contribution in [-0.2, 0) is 17.7 Å². The SMILES string of the molecule is O=C(c1n[nH]c2c1CCC2)N1CCCO1. The molecule has 0 aromatic carbocycles. The van der Waals surface area contributed by atoms with E-state index in [4.69, 9.17) is 4.84 Å². The van der Waals surface area contributed by atoms with Crippen molar-refractivity contribution < 1.29 is 9.63 Å². The Morgan fingerprint density at radius 3 is 3.13 bits per heavy atom. The van der Waals surface area contributed by atoms with Gasteiger partial charge in [0.05, 0.1) is 13.2 Å². The Balaban J connectivity index is 1.88. The van der Waals surface area contributed by atoms with E-state index < -0.39 is 0 Å². The zero-order valence-electron chi connectivity index (χ0n) is 8.45. The zero-order valence-corrected chi connectivity index (χ0v) is 8.45. The minimum Gasteiger partial charge on any atom is -0.281 e. The molecule has 3 rings (SSSR count). The Morgan fingerprint density at radius 2 is 2.33 bits per heavy atom. The van der Waals surface area contributed by atoms with Crippen LogP contribution in [0.25, 0.3) is 0 Å². The number of rotatable bonds is 1. The van der Waals surface area contributed by atoms with E-state index in [1.807, 2.05) is 0 Å². The fourth-order valence-corrected chi connectivity index (χ4v) is 2.22. The Hall–Kier alpha value is -1.36. The molecule has 1 N–H and O–H groups in total. The van der Waals surface area contributed by atoms with Gasteiger partial charge in [-0.1, -0.05) is 0 Å². The van der Waals surface area contributed by atoms with Crippen LogP contribution in [0.4, 0.5) is 0 Å². The number of H-pyrrole nitrogens is 1. The lowest BCUT2D eigenvalue weighted by atomic mass is 10.2. The number of hydrogen-bond donors (Lipinski definition) is 1. The molecule has 1 aliphatic heterocycles. The summed E-state index contributed by atoms with van der Waals surface area (Å²) < 4.78 is 0. The molecule has 80 valence electrons. The normalized spacial score (nSPS) is 19.6. The molecule has 0 radical (unpaired) electrons. The highest BCUT2D eigenvalue weighted by Gasteiger charge is 2.28. The van der Waals surface area contributed by atoms with Crippen LogP contribution < -0.4 is 0 Å². The summed E-state index contributed by atoms with van der Waals surface area (Å²) in [6.45, 7) is 1.32. The van der Waals surface area contributed by atoms with Crippen LogP contribution in [0, 0.1) is 0 Å². The minimum absolute atomic E-state index is 0.0908. The number of carbonyl (C=O) groups excluding carboxylic acids is 1. The number of nitrogens with zero attached hydrogens (tertiary/aromatic N) is 2. The van der Waals surface area contributed by atoms with Gasteiger partial charge in [0.2, 0.25) is 0 Å². The third-order valence-corrected chi connectivity index (χ3v) is 2.99. The van der Waals surface area contributed by atoms with Crippen molar-refractivity contribution in [3.05, 3.63) is 17.0 Å². The molecule has 1 aromatic heterocycles. The van der Waals surface area contributed by atoms with E-state index in [9.17, 15) is 4.79 Å². The number of hydroxylamine groups is 2. The molecule has 5 heteroatoms. The molecule has 0 atom stereocenters. The van der Waals surface area contributed by atoms with Crippen molar-refractivity contribution in [1.82, 2.24) is 15.3 Å². The van der Waals surface area contributed by atoms with E-state index in [1.54, 1.807) is 0 Å². The van der Waals surface area contributed by atoms with Crippen LogP contribution in [0.1, 0.15) is 34.6 Å². The zero-order chi connectivity index (χ0) is 10.3. The first kappa shape index (κ1) is 8.91. The number of aryl methyl sites for hydroxylation is 1. The monoisotopic (exact) mass is 207 g/mol. The summed E-state index contributed by atoms with van der Waals surface area (Å²) in [5.74, 6) is -0.0908. The first-order valence-corrected chi connectivity index (χ1v) is 5.37. The lowest BCUT2D eigenvalue weighted by Gasteiger charge is -2.12. The average molecular weight is 207 g/mol. The summed E-state index contributed by atoms with van der Waals surface area (Å²) in [6.07, 6.45) is 4.00. The molecule has 2 aliphatic rings. The molecule has 0 bridgehead atoms. The number of amides is 1. The molecule has 1 saturated heterocycles. The summed E-state index contributed by atoms with van der Waals surface area (Å²) in [5.41, 5.74) is 2.78. The van der Waals surface area contributed by atoms with Crippen LogP contribution >= 0.6 is 0 Å². The van der Waals surface area contributed by atoms with Crippen molar-refractivity contribution in [2.75, 3.05) is 13.2 Å². The van der Waals surface area contributed by atoms with Gasteiger partial charge in [0, 0.05) is 11.3 Å². The summed E-state index contributed by atoms with van der Waals surface area (Å²) in [4.78, 5) is 17.2. The van der Waals surface area contributed by atoms with Gasteiger partial charge in [-0.05, 0) is 25.7 Å². The predicted molar refractivity (Wildman–Crippen MR) is 52.2 cm³/mol. The molecule has 2 heterocycles. The molecule has 0 unspecified atom stereocenters. The standard InChI is InChI=1S/C10H13N3O2/c14-10(13-5-2-6-15-13)9-7-3-1-4-8(7)11-12-9/h1-6H2,(H,11,12). The maximum Gasteiger partial charge on any atom is 0.298 e.